The van der Waals surface area contributed by atoms with Crippen molar-refractivity contribution in [2.24, 2.45) is 0 Å². The van der Waals surface area contributed by atoms with Crippen LogP contribution in [0.1, 0.15) is 65.9 Å². The molecule has 0 aliphatic heterocycles. The third-order valence-electron chi connectivity index (χ3n) is 6.45. The van der Waals surface area contributed by atoms with Crippen molar-refractivity contribution in [1.82, 2.24) is 10.2 Å². The van der Waals surface area contributed by atoms with Crippen LogP contribution in [0, 0.1) is 0 Å². The molecule has 1 aromatic heterocycles. The molecule has 0 spiro atoms. The maximum absolute atomic E-state index is 13.7. The van der Waals surface area contributed by atoms with Gasteiger partial charge in [0.1, 0.15) is 11.8 Å². The van der Waals surface area contributed by atoms with Crippen LogP contribution in [0.15, 0.2) is 71.3 Å². The molecule has 6 heteroatoms. The molecular formula is C28H32N2O4. The van der Waals surface area contributed by atoms with Crippen LogP contribution in [0.5, 0.6) is 5.75 Å². The molecule has 0 saturated heterocycles. The second kappa shape index (κ2) is 11.1. The van der Waals surface area contributed by atoms with E-state index in [1.54, 1.807) is 24.1 Å². The van der Waals surface area contributed by atoms with E-state index in [2.05, 4.69) is 12.2 Å². The Hall–Kier alpha value is -3.54. The van der Waals surface area contributed by atoms with E-state index in [9.17, 15) is 9.59 Å². The summed E-state index contributed by atoms with van der Waals surface area (Å²) in [7, 11) is 1.61. The molecule has 2 amide bonds. The van der Waals surface area contributed by atoms with Crippen molar-refractivity contribution < 1.29 is 18.7 Å². The minimum Gasteiger partial charge on any atom is -0.497 e. The number of hydrogen-bond acceptors (Lipinski definition) is 4. The molecule has 4 rings (SSSR count). The van der Waals surface area contributed by atoms with Gasteiger partial charge in [0, 0.05) is 12.6 Å². The first-order valence-electron chi connectivity index (χ1n) is 12.0. The Kier molecular flexibility index (Phi) is 7.68. The number of amides is 2. The van der Waals surface area contributed by atoms with Crippen molar-refractivity contribution in [3.8, 4) is 5.75 Å². The Morgan fingerprint density at radius 3 is 2.47 bits per heavy atom. The van der Waals surface area contributed by atoms with Gasteiger partial charge in [0.05, 0.1) is 13.4 Å². The molecule has 3 aromatic rings. The van der Waals surface area contributed by atoms with Gasteiger partial charge in [-0.2, -0.15) is 0 Å². The van der Waals surface area contributed by atoms with Crippen LogP contribution in [0.4, 0.5) is 0 Å². The average molecular weight is 461 g/mol. The van der Waals surface area contributed by atoms with Crippen LogP contribution in [-0.4, -0.2) is 29.9 Å². The van der Waals surface area contributed by atoms with Crippen molar-refractivity contribution in [2.45, 2.75) is 57.7 Å². The monoisotopic (exact) mass is 460 g/mol. The number of rotatable bonds is 9. The van der Waals surface area contributed by atoms with Crippen LogP contribution in [-0.2, 0) is 17.8 Å². The number of carbonyl (C=O) groups is 2. The highest BCUT2D eigenvalue weighted by Crippen LogP contribution is 2.29. The van der Waals surface area contributed by atoms with Gasteiger partial charge in [-0.25, -0.2) is 0 Å². The summed E-state index contributed by atoms with van der Waals surface area (Å²) in [5.41, 5.74) is 2.81. The number of ether oxygens (including phenoxy) is 1. The Morgan fingerprint density at radius 1 is 1.06 bits per heavy atom. The topological polar surface area (TPSA) is 71.8 Å². The van der Waals surface area contributed by atoms with E-state index in [4.69, 9.17) is 9.15 Å². The predicted molar refractivity (Wildman–Crippen MR) is 131 cm³/mol. The molecule has 1 fully saturated rings. The number of benzene rings is 2. The number of hydrogen-bond donors (Lipinski definition) is 1. The molecule has 1 aliphatic rings. The quantitative estimate of drug-likeness (QED) is 0.471. The molecule has 178 valence electrons. The molecule has 34 heavy (non-hydrogen) atoms. The summed E-state index contributed by atoms with van der Waals surface area (Å²) in [4.78, 5) is 29.0. The summed E-state index contributed by atoms with van der Waals surface area (Å²) >= 11 is 0. The number of aryl methyl sites for hydroxylation is 1. The molecule has 1 atom stereocenters. The van der Waals surface area contributed by atoms with Crippen molar-refractivity contribution in [2.75, 3.05) is 7.11 Å². The lowest BCUT2D eigenvalue weighted by Gasteiger charge is -2.32. The van der Waals surface area contributed by atoms with Crippen molar-refractivity contribution in [3.05, 3.63) is 89.4 Å². The molecule has 1 saturated carbocycles. The van der Waals surface area contributed by atoms with Gasteiger partial charge in [0.2, 0.25) is 5.91 Å². The molecule has 1 N–H and O–H groups in total. The van der Waals surface area contributed by atoms with Gasteiger partial charge < -0.3 is 19.4 Å². The molecule has 1 aliphatic carbocycles. The summed E-state index contributed by atoms with van der Waals surface area (Å²) < 4.78 is 10.8. The number of methoxy groups -OCH3 is 1. The maximum atomic E-state index is 13.7. The molecular weight excluding hydrogens is 428 g/mol. The highest BCUT2D eigenvalue weighted by atomic mass is 16.5. The van der Waals surface area contributed by atoms with Gasteiger partial charge in [-0.05, 0) is 60.2 Å². The van der Waals surface area contributed by atoms with E-state index in [0.29, 0.717) is 5.75 Å². The number of furan rings is 1. The first-order chi connectivity index (χ1) is 16.6. The minimum atomic E-state index is -0.796. The molecule has 6 nitrogen and oxygen atoms in total. The number of nitrogens with one attached hydrogen (secondary N) is 1. The van der Waals surface area contributed by atoms with E-state index in [1.165, 1.54) is 11.8 Å². The Labute approximate surface area is 200 Å². The van der Waals surface area contributed by atoms with Gasteiger partial charge >= 0.3 is 0 Å². The second-order valence-corrected chi connectivity index (χ2v) is 8.75. The van der Waals surface area contributed by atoms with Crippen molar-refractivity contribution in [1.29, 1.82) is 0 Å². The molecule has 0 bridgehead atoms. The fourth-order valence-electron chi connectivity index (χ4n) is 4.55. The summed E-state index contributed by atoms with van der Waals surface area (Å²) in [5.74, 6) is 0.395. The smallest absolute Gasteiger partial charge is 0.290 e. The third-order valence-corrected chi connectivity index (χ3v) is 6.45. The predicted octanol–water partition coefficient (Wildman–Crippen LogP) is 5.29. The maximum Gasteiger partial charge on any atom is 0.290 e. The fourth-order valence-corrected chi connectivity index (χ4v) is 4.55. The summed E-state index contributed by atoms with van der Waals surface area (Å²) in [5, 5.41) is 3.21. The van der Waals surface area contributed by atoms with Crippen LogP contribution in [0.3, 0.4) is 0 Å². The van der Waals surface area contributed by atoms with E-state index in [-0.39, 0.29) is 30.2 Å². The Morgan fingerprint density at radius 2 is 1.82 bits per heavy atom. The zero-order valence-electron chi connectivity index (χ0n) is 19.8. The largest absolute Gasteiger partial charge is 0.497 e. The van der Waals surface area contributed by atoms with Crippen LogP contribution in [0.25, 0.3) is 0 Å². The number of carbonyl (C=O) groups excluding carboxylic acids is 2. The van der Waals surface area contributed by atoms with Crippen LogP contribution >= 0.6 is 0 Å². The van der Waals surface area contributed by atoms with E-state index in [1.807, 2.05) is 48.5 Å². The Bertz CT molecular complexity index is 1090. The first-order valence-corrected chi connectivity index (χ1v) is 12.0. The lowest BCUT2D eigenvalue weighted by molar-refractivity contribution is -0.126. The zero-order chi connectivity index (χ0) is 23.9. The molecule has 2 aromatic carbocycles. The van der Waals surface area contributed by atoms with E-state index in [0.717, 1.165) is 43.2 Å². The van der Waals surface area contributed by atoms with Crippen LogP contribution in [0.2, 0.25) is 0 Å². The molecule has 1 heterocycles. The summed E-state index contributed by atoms with van der Waals surface area (Å²) in [6.07, 6.45) is 6.53. The minimum absolute atomic E-state index is 0.141. The van der Waals surface area contributed by atoms with Crippen molar-refractivity contribution >= 4 is 11.8 Å². The van der Waals surface area contributed by atoms with Gasteiger partial charge in [0.15, 0.2) is 5.76 Å². The Balaban J connectivity index is 1.74. The number of nitrogens with zero attached hydrogens (tertiary/aromatic N) is 1. The standard InChI is InChI=1S/C28H32N2O4/c1-3-20-13-15-22(16-14-20)26(27(31)29-23-9-4-5-10-23)30(28(32)25-12-7-17-34-25)19-21-8-6-11-24(18-21)33-2/h6-8,11-18,23,26H,3-5,9-10,19H2,1-2H3,(H,29,31)/t26-/m1/s1. The highest BCUT2D eigenvalue weighted by molar-refractivity contribution is 5.96. The van der Waals surface area contributed by atoms with Gasteiger partial charge in [-0.1, -0.05) is 56.2 Å². The second-order valence-electron chi connectivity index (χ2n) is 8.75. The van der Waals surface area contributed by atoms with Crippen LogP contribution < -0.4 is 10.1 Å². The first kappa shape index (κ1) is 23.6. The average Bonchev–Trinajstić information content (AvgIpc) is 3.58. The van der Waals surface area contributed by atoms with Gasteiger partial charge in [-0.3, -0.25) is 9.59 Å². The fraction of sp³-hybridized carbons (Fsp3) is 0.357. The van der Waals surface area contributed by atoms with Gasteiger partial charge in [0.25, 0.3) is 5.91 Å². The van der Waals surface area contributed by atoms with E-state index < -0.39 is 6.04 Å². The third kappa shape index (κ3) is 5.50. The lowest BCUT2D eigenvalue weighted by atomic mass is 10.00. The molecule has 0 unspecified atom stereocenters. The SMILES string of the molecule is CCc1ccc([C@H](C(=O)NC2CCCC2)N(Cc2cccc(OC)c2)C(=O)c2ccco2)cc1. The van der Waals surface area contributed by atoms with E-state index >= 15 is 0 Å². The highest BCUT2D eigenvalue weighted by Gasteiger charge is 2.34. The van der Waals surface area contributed by atoms with Crippen molar-refractivity contribution in [3.63, 3.8) is 0 Å². The lowest BCUT2D eigenvalue weighted by Crippen LogP contribution is -2.45. The molecule has 0 radical (unpaired) electrons. The van der Waals surface area contributed by atoms with Gasteiger partial charge in [-0.15, -0.1) is 0 Å². The normalized spacial score (nSPS) is 14.5. The summed E-state index contributed by atoms with van der Waals surface area (Å²) in [6.45, 7) is 2.32. The zero-order valence-corrected chi connectivity index (χ0v) is 19.8. The summed E-state index contributed by atoms with van der Waals surface area (Å²) in [6, 6.07) is 18.1.